The lowest BCUT2D eigenvalue weighted by molar-refractivity contribution is 0.472. The highest BCUT2D eigenvalue weighted by Gasteiger charge is 2.16. The molecule has 4 aromatic heterocycles. The van der Waals surface area contributed by atoms with Gasteiger partial charge >= 0.3 is 0 Å². The van der Waals surface area contributed by atoms with Gasteiger partial charge in [0, 0.05) is 24.2 Å². The van der Waals surface area contributed by atoms with Gasteiger partial charge in [-0.3, -0.25) is 9.37 Å². The predicted molar refractivity (Wildman–Crippen MR) is 94.4 cm³/mol. The fraction of sp³-hybridized carbons (Fsp3) is 0.222. The van der Waals surface area contributed by atoms with Crippen LogP contribution in [0.2, 0.25) is 0 Å². The number of aromatic nitrogens is 7. The molecule has 0 radical (unpaired) electrons. The summed E-state index contributed by atoms with van der Waals surface area (Å²) in [4.78, 5) is 17.4. The summed E-state index contributed by atoms with van der Waals surface area (Å²) < 4.78 is 16.2. The fourth-order valence-electron chi connectivity index (χ4n) is 3.01. The number of pyridine rings is 1. The van der Waals surface area contributed by atoms with E-state index in [0.717, 1.165) is 11.3 Å². The molecule has 0 saturated heterocycles. The molecule has 27 heavy (non-hydrogen) atoms. The van der Waals surface area contributed by atoms with Crippen molar-refractivity contribution < 1.29 is 4.39 Å². The second kappa shape index (κ2) is 7.29. The van der Waals surface area contributed by atoms with Crippen molar-refractivity contribution in [2.75, 3.05) is 6.67 Å². The average Bonchev–Trinajstić information content (AvgIpc) is 3.36. The summed E-state index contributed by atoms with van der Waals surface area (Å²) in [6.45, 7) is -0.00776. The number of nitriles is 1. The maximum absolute atomic E-state index is 12.8. The molecule has 134 valence electrons. The van der Waals surface area contributed by atoms with Crippen molar-refractivity contribution in [3.8, 4) is 17.6 Å². The molecule has 4 heterocycles. The number of nitrogens with zero attached hydrogens (tertiary/aromatic N) is 8. The first-order chi connectivity index (χ1) is 13.3. The van der Waals surface area contributed by atoms with E-state index in [0.29, 0.717) is 42.1 Å². The van der Waals surface area contributed by atoms with Crippen molar-refractivity contribution >= 4 is 5.65 Å². The Kier molecular flexibility index (Phi) is 4.53. The molecular weight excluding hydrogens is 347 g/mol. The third-order valence-corrected chi connectivity index (χ3v) is 4.25. The van der Waals surface area contributed by atoms with Crippen molar-refractivity contribution in [3.63, 3.8) is 0 Å². The monoisotopic (exact) mass is 362 g/mol. The van der Waals surface area contributed by atoms with Crippen LogP contribution in [0.15, 0.2) is 43.4 Å². The van der Waals surface area contributed by atoms with Gasteiger partial charge in [0.15, 0.2) is 11.5 Å². The van der Waals surface area contributed by atoms with Gasteiger partial charge in [0.2, 0.25) is 0 Å². The van der Waals surface area contributed by atoms with Crippen molar-refractivity contribution in [1.82, 2.24) is 34.1 Å². The molecule has 4 rings (SSSR count). The van der Waals surface area contributed by atoms with Crippen LogP contribution in [0.25, 0.3) is 17.2 Å². The van der Waals surface area contributed by atoms with Crippen molar-refractivity contribution in [3.05, 3.63) is 60.2 Å². The van der Waals surface area contributed by atoms with Gasteiger partial charge in [-0.2, -0.15) is 10.4 Å². The summed E-state index contributed by atoms with van der Waals surface area (Å²) >= 11 is 0. The SMILES string of the molecule is N#Cc1cccnc1-c1nccn1Cc1ncn2ncnc2c1CCCF. The molecule has 0 saturated carbocycles. The van der Waals surface area contributed by atoms with E-state index in [2.05, 4.69) is 31.1 Å². The maximum atomic E-state index is 12.8. The molecule has 0 aliphatic heterocycles. The van der Waals surface area contributed by atoms with E-state index in [1.807, 2.05) is 4.57 Å². The Morgan fingerprint density at radius 1 is 1.15 bits per heavy atom. The normalized spacial score (nSPS) is 11.0. The van der Waals surface area contributed by atoms with E-state index in [9.17, 15) is 9.65 Å². The molecule has 0 aromatic carbocycles. The van der Waals surface area contributed by atoms with Crippen LogP contribution < -0.4 is 0 Å². The number of fused-ring (bicyclic) bond motifs is 1. The molecule has 0 fully saturated rings. The number of hydrogen-bond acceptors (Lipinski definition) is 6. The van der Waals surface area contributed by atoms with E-state index in [4.69, 9.17) is 0 Å². The smallest absolute Gasteiger partial charge is 0.162 e. The second-order valence-electron chi connectivity index (χ2n) is 5.88. The number of imidazole rings is 1. The quantitative estimate of drug-likeness (QED) is 0.522. The molecule has 0 atom stereocenters. The Bertz CT molecular complexity index is 1120. The molecule has 4 aromatic rings. The lowest BCUT2D eigenvalue weighted by atomic mass is 10.1. The molecule has 0 amide bonds. The Morgan fingerprint density at radius 3 is 2.93 bits per heavy atom. The van der Waals surface area contributed by atoms with Gasteiger partial charge in [0.1, 0.15) is 24.4 Å². The summed E-state index contributed by atoms with van der Waals surface area (Å²) in [5.74, 6) is 0.576. The van der Waals surface area contributed by atoms with Crippen LogP contribution in [-0.4, -0.2) is 40.8 Å². The Morgan fingerprint density at radius 2 is 2.07 bits per heavy atom. The average molecular weight is 362 g/mol. The highest BCUT2D eigenvalue weighted by atomic mass is 19.1. The molecule has 0 spiro atoms. The molecule has 9 heteroatoms. The molecule has 0 aliphatic rings. The van der Waals surface area contributed by atoms with Gasteiger partial charge in [0.05, 0.1) is 24.5 Å². The van der Waals surface area contributed by atoms with E-state index in [1.165, 1.54) is 6.33 Å². The van der Waals surface area contributed by atoms with E-state index in [1.54, 1.807) is 41.6 Å². The zero-order chi connectivity index (χ0) is 18.6. The second-order valence-corrected chi connectivity index (χ2v) is 5.88. The van der Waals surface area contributed by atoms with E-state index in [-0.39, 0.29) is 0 Å². The zero-order valence-electron chi connectivity index (χ0n) is 14.3. The summed E-state index contributed by atoms with van der Waals surface area (Å²) in [7, 11) is 0. The van der Waals surface area contributed by atoms with Crippen molar-refractivity contribution in [1.29, 1.82) is 5.26 Å². The van der Waals surface area contributed by atoms with Crippen LogP contribution in [0.4, 0.5) is 4.39 Å². The van der Waals surface area contributed by atoms with Gasteiger partial charge in [-0.15, -0.1) is 0 Å². The van der Waals surface area contributed by atoms with Gasteiger partial charge in [0.25, 0.3) is 0 Å². The number of halogens is 1. The van der Waals surface area contributed by atoms with Gasteiger partial charge < -0.3 is 4.57 Å². The highest BCUT2D eigenvalue weighted by molar-refractivity contribution is 5.60. The minimum Gasteiger partial charge on any atom is -0.324 e. The maximum Gasteiger partial charge on any atom is 0.162 e. The van der Waals surface area contributed by atoms with Gasteiger partial charge in [-0.1, -0.05) is 0 Å². The van der Waals surface area contributed by atoms with E-state index >= 15 is 0 Å². The predicted octanol–water partition coefficient (Wildman–Crippen LogP) is 2.20. The van der Waals surface area contributed by atoms with Crippen LogP contribution in [0, 0.1) is 11.3 Å². The first kappa shape index (κ1) is 16.8. The largest absolute Gasteiger partial charge is 0.324 e. The van der Waals surface area contributed by atoms with Gasteiger partial charge in [-0.05, 0) is 25.0 Å². The summed E-state index contributed by atoms with van der Waals surface area (Å²) in [5, 5.41) is 13.4. The molecular formula is C18H15FN8. The molecule has 0 aliphatic carbocycles. The Labute approximate surface area is 154 Å². The fourth-order valence-corrected chi connectivity index (χ4v) is 3.01. The number of rotatable bonds is 6. The molecule has 0 N–H and O–H groups in total. The first-order valence-electron chi connectivity index (χ1n) is 8.40. The summed E-state index contributed by atoms with van der Waals surface area (Å²) in [5.41, 5.74) is 3.25. The van der Waals surface area contributed by atoms with Crippen LogP contribution >= 0.6 is 0 Å². The number of aryl methyl sites for hydroxylation is 1. The Hall–Kier alpha value is -3.67. The van der Waals surface area contributed by atoms with Gasteiger partial charge in [-0.25, -0.2) is 19.5 Å². The third-order valence-electron chi connectivity index (χ3n) is 4.25. The molecule has 0 unspecified atom stereocenters. The number of hydrogen-bond donors (Lipinski definition) is 0. The lowest BCUT2D eigenvalue weighted by Crippen LogP contribution is -2.10. The minimum absolute atomic E-state index is 0.386. The third kappa shape index (κ3) is 3.13. The standard InChI is InChI=1S/C18H15FN8/c19-5-1-4-14-15(24-12-27-17(14)23-11-25-27)10-26-8-7-22-18(26)16-13(9-20)3-2-6-21-16/h2-3,6-8,11-12H,1,4-5,10H2. The van der Waals surface area contributed by atoms with Crippen LogP contribution in [0.5, 0.6) is 0 Å². The summed E-state index contributed by atoms with van der Waals surface area (Å²) in [6, 6.07) is 5.56. The van der Waals surface area contributed by atoms with Crippen LogP contribution in [0.3, 0.4) is 0 Å². The minimum atomic E-state index is -0.412. The van der Waals surface area contributed by atoms with E-state index < -0.39 is 6.67 Å². The van der Waals surface area contributed by atoms with Crippen LogP contribution in [-0.2, 0) is 13.0 Å². The van der Waals surface area contributed by atoms with Crippen molar-refractivity contribution in [2.45, 2.75) is 19.4 Å². The van der Waals surface area contributed by atoms with Crippen molar-refractivity contribution in [2.24, 2.45) is 0 Å². The van der Waals surface area contributed by atoms with Crippen LogP contribution in [0.1, 0.15) is 23.2 Å². The Balaban J connectivity index is 1.76. The highest BCUT2D eigenvalue weighted by Crippen LogP contribution is 2.22. The molecule has 8 nitrogen and oxygen atoms in total. The molecule has 0 bridgehead atoms. The topological polar surface area (TPSA) is 97.6 Å². The summed E-state index contributed by atoms with van der Waals surface area (Å²) in [6.07, 6.45) is 9.03. The zero-order valence-corrected chi connectivity index (χ0v) is 14.3. The number of alkyl halides is 1. The first-order valence-corrected chi connectivity index (χ1v) is 8.40. The lowest BCUT2D eigenvalue weighted by Gasteiger charge is -2.12.